The highest BCUT2D eigenvalue weighted by Gasteiger charge is 2.23. The minimum Gasteiger partial charge on any atom is -0.519 e. The van der Waals surface area contributed by atoms with Gasteiger partial charge in [-0.2, -0.15) is 0 Å². The fraction of sp³-hybridized carbons (Fsp3) is 0.778. The second-order valence-electron chi connectivity index (χ2n) is 4.62. The van der Waals surface area contributed by atoms with Gasteiger partial charge in [0.1, 0.15) is 6.04 Å². The molecule has 0 rings (SSSR count). The lowest BCUT2D eigenvalue weighted by Gasteiger charge is -2.20. The molecule has 1 unspecified atom stereocenters. The number of nitrogens with two attached hydrogens (primary N) is 2. The Balaban J connectivity index is 3.76. The van der Waals surface area contributed by atoms with Crippen LogP contribution in [0.5, 0.6) is 0 Å². The van der Waals surface area contributed by atoms with Gasteiger partial charge in [0.2, 0.25) is 8.32 Å². The lowest BCUT2D eigenvalue weighted by molar-refractivity contribution is -0.136. The molecule has 6 N–H and O–H groups in total. The molecule has 7 heteroatoms. The van der Waals surface area contributed by atoms with Crippen molar-refractivity contribution < 1.29 is 9.22 Å². The maximum atomic E-state index is 11.5. The lowest BCUT2D eigenvalue weighted by atomic mass is 10.2. The molecule has 0 heterocycles. The SMILES string of the molecule is C[Si](C)(C)OC(=O)C(N)CCCNC(=N)N. The van der Waals surface area contributed by atoms with Gasteiger partial charge in [-0.1, -0.05) is 0 Å². The zero-order valence-electron chi connectivity index (χ0n) is 10.2. The zero-order chi connectivity index (χ0) is 12.8. The molecule has 0 saturated carbocycles. The van der Waals surface area contributed by atoms with Crippen molar-refractivity contribution in [3.63, 3.8) is 0 Å². The van der Waals surface area contributed by atoms with Crippen LogP contribution in [0.3, 0.4) is 0 Å². The number of hydrogen-bond donors (Lipinski definition) is 4. The van der Waals surface area contributed by atoms with E-state index in [4.69, 9.17) is 21.3 Å². The Labute approximate surface area is 97.4 Å². The molecule has 0 spiro atoms. The van der Waals surface area contributed by atoms with Crippen LogP contribution in [-0.2, 0) is 9.22 Å². The number of carbonyl (C=O) groups excluding carboxylic acids is 1. The van der Waals surface area contributed by atoms with Gasteiger partial charge in [-0.3, -0.25) is 10.2 Å². The Hall–Kier alpha value is -1.08. The molecule has 94 valence electrons. The van der Waals surface area contributed by atoms with Gasteiger partial charge in [0.25, 0.3) is 0 Å². The van der Waals surface area contributed by atoms with Gasteiger partial charge in [-0.25, -0.2) is 0 Å². The van der Waals surface area contributed by atoms with Crippen LogP contribution in [0.1, 0.15) is 12.8 Å². The van der Waals surface area contributed by atoms with Crippen molar-refractivity contribution in [3.8, 4) is 0 Å². The molecule has 6 nitrogen and oxygen atoms in total. The van der Waals surface area contributed by atoms with E-state index in [1.165, 1.54) is 0 Å². The van der Waals surface area contributed by atoms with E-state index in [9.17, 15) is 4.79 Å². The highest BCUT2D eigenvalue weighted by Crippen LogP contribution is 2.06. The van der Waals surface area contributed by atoms with Crippen molar-refractivity contribution in [3.05, 3.63) is 0 Å². The van der Waals surface area contributed by atoms with E-state index in [1.807, 2.05) is 19.6 Å². The van der Waals surface area contributed by atoms with Crippen molar-refractivity contribution in [1.82, 2.24) is 5.32 Å². The first-order valence-corrected chi connectivity index (χ1v) is 8.69. The van der Waals surface area contributed by atoms with E-state index < -0.39 is 14.4 Å². The van der Waals surface area contributed by atoms with Crippen LogP contribution in [0, 0.1) is 5.41 Å². The first-order chi connectivity index (χ1) is 7.22. The maximum Gasteiger partial charge on any atom is 0.309 e. The molecule has 0 aliphatic heterocycles. The van der Waals surface area contributed by atoms with Crippen molar-refractivity contribution in [2.75, 3.05) is 6.54 Å². The Bertz CT molecular complexity index is 252. The van der Waals surface area contributed by atoms with E-state index in [0.29, 0.717) is 19.4 Å². The van der Waals surface area contributed by atoms with Crippen molar-refractivity contribution >= 4 is 20.2 Å². The molecule has 0 saturated heterocycles. The molecule has 0 bridgehead atoms. The van der Waals surface area contributed by atoms with Crippen LogP contribution in [-0.4, -0.2) is 32.8 Å². The van der Waals surface area contributed by atoms with Crippen LogP contribution >= 0.6 is 0 Å². The number of guanidine groups is 1. The standard InChI is InChI=1S/C9H22N4O2Si/c1-16(2,3)15-8(14)7(10)5-4-6-13-9(11)12/h7H,4-6,10H2,1-3H3,(H4,11,12,13). The molecule has 0 aromatic heterocycles. The Morgan fingerprint density at radius 3 is 2.50 bits per heavy atom. The predicted octanol–water partition coefficient (Wildman–Crippen LogP) is -0.0449. The quantitative estimate of drug-likeness (QED) is 0.227. The van der Waals surface area contributed by atoms with Gasteiger partial charge in [0.05, 0.1) is 0 Å². The summed E-state index contributed by atoms with van der Waals surface area (Å²) in [6, 6.07) is -0.583. The van der Waals surface area contributed by atoms with Gasteiger partial charge in [0.15, 0.2) is 5.96 Å². The summed E-state index contributed by atoms with van der Waals surface area (Å²) >= 11 is 0. The Morgan fingerprint density at radius 2 is 2.06 bits per heavy atom. The summed E-state index contributed by atoms with van der Waals surface area (Å²) in [6.45, 7) is 6.36. The fourth-order valence-electron chi connectivity index (χ4n) is 1.04. The van der Waals surface area contributed by atoms with E-state index in [0.717, 1.165) is 0 Å². The van der Waals surface area contributed by atoms with Crippen molar-refractivity contribution in [2.45, 2.75) is 38.5 Å². The maximum absolute atomic E-state index is 11.5. The molecule has 0 amide bonds. The minimum absolute atomic E-state index is 0.0711. The third-order valence-electron chi connectivity index (χ3n) is 1.72. The Morgan fingerprint density at radius 1 is 1.50 bits per heavy atom. The summed E-state index contributed by atoms with van der Waals surface area (Å²) in [6.07, 6.45) is 1.21. The molecule has 0 aromatic rings. The second kappa shape index (κ2) is 6.49. The first-order valence-electron chi connectivity index (χ1n) is 5.28. The summed E-state index contributed by atoms with van der Waals surface area (Å²) in [7, 11) is -1.85. The van der Waals surface area contributed by atoms with Gasteiger partial charge in [-0.15, -0.1) is 0 Å². The molecule has 0 aliphatic carbocycles. The van der Waals surface area contributed by atoms with Crippen LogP contribution in [0.2, 0.25) is 19.6 Å². The van der Waals surface area contributed by atoms with Gasteiger partial charge >= 0.3 is 5.97 Å². The van der Waals surface area contributed by atoms with Crippen LogP contribution < -0.4 is 16.8 Å². The summed E-state index contributed by atoms with van der Waals surface area (Å²) in [5.74, 6) is -0.403. The van der Waals surface area contributed by atoms with Crippen molar-refractivity contribution in [1.29, 1.82) is 5.41 Å². The third kappa shape index (κ3) is 8.24. The highest BCUT2D eigenvalue weighted by molar-refractivity contribution is 6.71. The number of rotatable bonds is 6. The monoisotopic (exact) mass is 246 g/mol. The molecule has 1 atom stereocenters. The average molecular weight is 246 g/mol. The van der Waals surface area contributed by atoms with Crippen LogP contribution in [0.25, 0.3) is 0 Å². The lowest BCUT2D eigenvalue weighted by Crippen LogP contribution is -2.40. The minimum atomic E-state index is -1.85. The molecular weight excluding hydrogens is 224 g/mol. The number of hydrogen-bond acceptors (Lipinski definition) is 4. The summed E-state index contributed by atoms with van der Waals surface area (Å²) in [5, 5.41) is 9.58. The van der Waals surface area contributed by atoms with Crippen molar-refractivity contribution in [2.24, 2.45) is 11.5 Å². The number of carbonyl (C=O) groups is 1. The van der Waals surface area contributed by atoms with E-state index >= 15 is 0 Å². The molecule has 0 radical (unpaired) electrons. The van der Waals surface area contributed by atoms with Crippen LogP contribution in [0.4, 0.5) is 0 Å². The Kier molecular flexibility index (Phi) is 6.05. The smallest absolute Gasteiger partial charge is 0.309 e. The fourth-order valence-corrected chi connectivity index (χ4v) is 1.80. The summed E-state index contributed by atoms with van der Waals surface area (Å²) in [5.41, 5.74) is 10.8. The zero-order valence-corrected chi connectivity index (χ0v) is 11.2. The third-order valence-corrected chi connectivity index (χ3v) is 2.53. The molecule has 0 aromatic carbocycles. The average Bonchev–Trinajstić information content (AvgIpc) is 2.08. The first kappa shape index (κ1) is 14.9. The summed E-state index contributed by atoms with van der Waals surface area (Å²) in [4.78, 5) is 11.5. The highest BCUT2D eigenvalue weighted by atomic mass is 28.4. The molecule has 0 fully saturated rings. The van der Waals surface area contributed by atoms with Gasteiger partial charge < -0.3 is 21.2 Å². The topological polar surface area (TPSA) is 114 Å². The second-order valence-corrected chi connectivity index (χ2v) is 9.05. The normalized spacial score (nSPS) is 13.0. The molecule has 0 aliphatic rings. The largest absolute Gasteiger partial charge is 0.519 e. The molecular formula is C9H22N4O2Si. The predicted molar refractivity (Wildman–Crippen MR) is 66.6 cm³/mol. The van der Waals surface area contributed by atoms with E-state index in [1.54, 1.807) is 0 Å². The summed E-state index contributed by atoms with van der Waals surface area (Å²) < 4.78 is 5.27. The van der Waals surface area contributed by atoms with Gasteiger partial charge in [-0.05, 0) is 32.5 Å². The van der Waals surface area contributed by atoms with E-state index in [2.05, 4.69) is 5.32 Å². The van der Waals surface area contributed by atoms with E-state index in [-0.39, 0.29) is 11.9 Å². The molecule has 16 heavy (non-hydrogen) atoms. The van der Waals surface area contributed by atoms with Crippen LogP contribution in [0.15, 0.2) is 0 Å². The van der Waals surface area contributed by atoms with Gasteiger partial charge in [0, 0.05) is 6.54 Å². The number of nitrogens with one attached hydrogen (secondary N) is 2.